The Morgan fingerprint density at radius 1 is 1.25 bits per heavy atom. The van der Waals surface area contributed by atoms with Gasteiger partial charge in [-0.15, -0.1) is 21.5 Å². The molecule has 32 heavy (non-hydrogen) atoms. The van der Waals surface area contributed by atoms with Crippen molar-refractivity contribution in [2.75, 3.05) is 13.1 Å². The van der Waals surface area contributed by atoms with Crippen molar-refractivity contribution in [1.29, 1.82) is 0 Å². The van der Waals surface area contributed by atoms with Crippen LogP contribution in [0.1, 0.15) is 33.9 Å². The number of benzene rings is 1. The number of hydrogen-bond donors (Lipinski definition) is 0. The first-order valence-corrected chi connectivity index (χ1v) is 12.5. The molecule has 0 atom stereocenters. The number of nitrogens with zero attached hydrogens (tertiary/aromatic N) is 5. The molecule has 4 heterocycles. The zero-order valence-electron chi connectivity index (χ0n) is 17.3. The van der Waals surface area contributed by atoms with Crippen molar-refractivity contribution in [3.05, 3.63) is 63.3 Å². The number of carbonyl (C=O) groups excluding carboxylic acids is 1. The van der Waals surface area contributed by atoms with E-state index < -0.39 is 0 Å². The van der Waals surface area contributed by atoms with Crippen LogP contribution < -0.4 is 0 Å². The second kappa shape index (κ2) is 9.09. The van der Waals surface area contributed by atoms with E-state index in [1.165, 1.54) is 23.1 Å². The van der Waals surface area contributed by atoms with Gasteiger partial charge in [0.25, 0.3) is 5.91 Å². The van der Waals surface area contributed by atoms with Crippen molar-refractivity contribution in [1.82, 2.24) is 24.6 Å². The average molecular weight is 486 g/mol. The highest BCUT2D eigenvalue weighted by Crippen LogP contribution is 2.33. The summed E-state index contributed by atoms with van der Waals surface area (Å²) in [6.07, 6.45) is 3.74. The molecule has 1 saturated heterocycles. The molecule has 1 aliphatic heterocycles. The van der Waals surface area contributed by atoms with Crippen molar-refractivity contribution in [2.24, 2.45) is 0 Å². The number of thioether (sulfide) groups is 1. The first kappa shape index (κ1) is 21.2. The van der Waals surface area contributed by atoms with Gasteiger partial charge < -0.3 is 9.32 Å². The van der Waals surface area contributed by atoms with Crippen LogP contribution in [-0.4, -0.2) is 43.6 Å². The SMILES string of the molecule is Cc1ccc(Cl)cc1-n1c(SCc2nc(C(=O)N3CCCC3)cs2)nnc1-c1ccco1. The fraction of sp³-hybridized carbons (Fsp3) is 0.273. The number of aromatic nitrogens is 4. The number of furan rings is 1. The van der Waals surface area contributed by atoms with Crippen LogP contribution in [0.25, 0.3) is 17.3 Å². The minimum absolute atomic E-state index is 0.0211. The summed E-state index contributed by atoms with van der Waals surface area (Å²) in [5.41, 5.74) is 2.45. The fourth-order valence-corrected chi connectivity index (χ4v) is 5.55. The van der Waals surface area contributed by atoms with Crippen LogP contribution in [0, 0.1) is 6.92 Å². The van der Waals surface area contributed by atoms with Crippen LogP contribution in [0.15, 0.2) is 51.5 Å². The van der Waals surface area contributed by atoms with Crippen LogP contribution >= 0.6 is 34.7 Å². The molecule has 0 bridgehead atoms. The molecule has 0 radical (unpaired) electrons. The molecule has 1 aromatic carbocycles. The molecule has 1 amide bonds. The third kappa shape index (κ3) is 4.20. The van der Waals surface area contributed by atoms with E-state index in [-0.39, 0.29) is 5.91 Å². The molecular weight excluding hydrogens is 466 g/mol. The summed E-state index contributed by atoms with van der Waals surface area (Å²) >= 11 is 9.30. The largest absolute Gasteiger partial charge is 0.461 e. The number of likely N-dealkylation sites (tertiary alicyclic amines) is 1. The highest BCUT2D eigenvalue weighted by molar-refractivity contribution is 7.98. The normalized spacial score (nSPS) is 13.8. The van der Waals surface area contributed by atoms with Crippen molar-refractivity contribution in [2.45, 2.75) is 30.7 Å². The number of halogens is 1. The summed E-state index contributed by atoms with van der Waals surface area (Å²) in [6.45, 7) is 3.65. The zero-order chi connectivity index (χ0) is 22.1. The Morgan fingerprint density at radius 2 is 2.09 bits per heavy atom. The van der Waals surface area contributed by atoms with Gasteiger partial charge in [-0.25, -0.2) is 4.98 Å². The van der Waals surface area contributed by atoms with Crippen LogP contribution in [-0.2, 0) is 5.75 Å². The summed E-state index contributed by atoms with van der Waals surface area (Å²) in [6, 6.07) is 9.40. The predicted octanol–water partition coefficient (Wildman–Crippen LogP) is 5.47. The second-order valence-corrected chi connectivity index (χ2v) is 9.79. The van der Waals surface area contributed by atoms with E-state index in [9.17, 15) is 4.79 Å². The van der Waals surface area contributed by atoms with E-state index >= 15 is 0 Å². The van der Waals surface area contributed by atoms with E-state index in [1.54, 1.807) is 6.26 Å². The highest BCUT2D eigenvalue weighted by Gasteiger charge is 2.23. The number of amides is 1. The lowest BCUT2D eigenvalue weighted by Gasteiger charge is -2.13. The van der Waals surface area contributed by atoms with Crippen LogP contribution in [0.5, 0.6) is 0 Å². The lowest BCUT2D eigenvalue weighted by atomic mass is 10.2. The lowest BCUT2D eigenvalue weighted by molar-refractivity contribution is 0.0787. The molecule has 3 aromatic heterocycles. The van der Waals surface area contributed by atoms with Crippen molar-refractivity contribution in [3.63, 3.8) is 0 Å². The summed E-state index contributed by atoms with van der Waals surface area (Å²) < 4.78 is 7.54. The molecule has 0 unspecified atom stereocenters. The standard InChI is InChI=1S/C22H20ClN5O2S2/c1-14-6-7-15(23)11-17(14)28-20(18-5-4-10-30-18)25-26-22(28)32-13-19-24-16(12-31-19)21(29)27-8-2-3-9-27/h4-7,10-12H,2-3,8-9,13H2,1H3. The van der Waals surface area contributed by atoms with Gasteiger partial charge in [0.2, 0.25) is 5.82 Å². The average Bonchev–Trinajstić information content (AvgIpc) is 3.60. The molecule has 164 valence electrons. The quantitative estimate of drug-likeness (QED) is 0.337. The second-order valence-electron chi connectivity index (χ2n) is 7.46. The van der Waals surface area contributed by atoms with Crippen molar-refractivity contribution < 1.29 is 9.21 Å². The van der Waals surface area contributed by atoms with Gasteiger partial charge in [0.05, 0.1) is 17.7 Å². The third-order valence-electron chi connectivity index (χ3n) is 5.28. The van der Waals surface area contributed by atoms with E-state index in [2.05, 4.69) is 15.2 Å². The molecular formula is C22H20ClN5O2S2. The maximum atomic E-state index is 12.6. The minimum Gasteiger partial charge on any atom is -0.461 e. The molecule has 5 rings (SSSR count). The summed E-state index contributed by atoms with van der Waals surface area (Å²) in [7, 11) is 0. The molecule has 1 fully saturated rings. The Balaban J connectivity index is 1.42. The van der Waals surface area contributed by atoms with E-state index in [1.807, 2.05) is 52.1 Å². The van der Waals surface area contributed by atoms with Crippen LogP contribution in [0.4, 0.5) is 0 Å². The molecule has 0 N–H and O–H groups in total. The van der Waals surface area contributed by atoms with Gasteiger partial charge in [0.1, 0.15) is 10.7 Å². The monoisotopic (exact) mass is 485 g/mol. The maximum Gasteiger partial charge on any atom is 0.273 e. The third-order valence-corrected chi connectivity index (χ3v) is 7.48. The van der Waals surface area contributed by atoms with Gasteiger partial charge in [-0.3, -0.25) is 9.36 Å². The molecule has 0 spiro atoms. The molecule has 1 aliphatic rings. The fourth-order valence-electron chi connectivity index (χ4n) is 3.65. The molecule has 4 aromatic rings. The number of rotatable bonds is 6. The van der Waals surface area contributed by atoms with Gasteiger partial charge in [0.15, 0.2) is 10.9 Å². The Hall–Kier alpha value is -2.62. The number of thiazole rings is 1. The Kier molecular flexibility index (Phi) is 6.03. The van der Waals surface area contributed by atoms with Gasteiger partial charge >= 0.3 is 0 Å². The first-order chi connectivity index (χ1) is 15.6. The zero-order valence-corrected chi connectivity index (χ0v) is 19.7. The number of carbonyl (C=O) groups is 1. The van der Waals surface area contributed by atoms with Gasteiger partial charge in [-0.2, -0.15) is 0 Å². The lowest BCUT2D eigenvalue weighted by Crippen LogP contribution is -2.27. The smallest absolute Gasteiger partial charge is 0.273 e. The molecule has 10 heteroatoms. The Morgan fingerprint density at radius 3 is 2.88 bits per heavy atom. The predicted molar refractivity (Wildman–Crippen MR) is 126 cm³/mol. The molecule has 0 saturated carbocycles. The minimum atomic E-state index is 0.0211. The van der Waals surface area contributed by atoms with Crippen molar-refractivity contribution >= 4 is 40.6 Å². The van der Waals surface area contributed by atoms with Crippen molar-refractivity contribution in [3.8, 4) is 17.3 Å². The Bertz CT molecular complexity index is 1250. The first-order valence-electron chi connectivity index (χ1n) is 10.2. The van der Waals surface area contributed by atoms with Gasteiger partial charge in [0, 0.05) is 23.5 Å². The topological polar surface area (TPSA) is 77.1 Å². The van der Waals surface area contributed by atoms with E-state index in [4.69, 9.17) is 16.0 Å². The summed E-state index contributed by atoms with van der Waals surface area (Å²) in [5, 5.41) is 12.8. The van der Waals surface area contributed by atoms with Gasteiger partial charge in [-0.05, 0) is 49.6 Å². The molecule has 7 nitrogen and oxygen atoms in total. The van der Waals surface area contributed by atoms with Crippen LogP contribution in [0.2, 0.25) is 5.02 Å². The molecule has 0 aliphatic carbocycles. The Labute approximate surface area is 198 Å². The highest BCUT2D eigenvalue weighted by atomic mass is 35.5. The number of hydrogen-bond acceptors (Lipinski definition) is 7. The van der Waals surface area contributed by atoms with Crippen LogP contribution in [0.3, 0.4) is 0 Å². The summed E-state index contributed by atoms with van der Waals surface area (Å²) in [5.74, 6) is 1.82. The van der Waals surface area contributed by atoms with E-state index in [0.717, 1.165) is 42.2 Å². The van der Waals surface area contributed by atoms with E-state index in [0.29, 0.717) is 33.2 Å². The maximum absolute atomic E-state index is 12.6. The van der Waals surface area contributed by atoms with Gasteiger partial charge in [-0.1, -0.05) is 29.4 Å². The summed E-state index contributed by atoms with van der Waals surface area (Å²) in [4.78, 5) is 19.0. The number of aryl methyl sites for hydroxylation is 1.